The highest BCUT2D eigenvalue weighted by atomic mass is 32.2. The Kier molecular flexibility index (Phi) is 4.83. The van der Waals surface area contributed by atoms with Crippen LogP contribution in [0.1, 0.15) is 32.9 Å². The fourth-order valence-corrected chi connectivity index (χ4v) is 3.40. The summed E-state index contributed by atoms with van der Waals surface area (Å²) in [5.74, 6) is -0.0391. The second kappa shape index (κ2) is 5.71. The maximum absolute atomic E-state index is 12.2. The van der Waals surface area contributed by atoms with Crippen molar-refractivity contribution >= 4 is 15.8 Å². The smallest absolute Gasteiger partial charge is 0.246 e. The highest BCUT2D eigenvalue weighted by molar-refractivity contribution is 7.89. The zero-order chi connectivity index (χ0) is 15.7. The molecule has 1 atom stereocenters. The molecule has 0 saturated carbocycles. The van der Waals surface area contributed by atoms with Gasteiger partial charge >= 0.3 is 0 Å². The van der Waals surface area contributed by atoms with E-state index in [1.54, 1.807) is 14.0 Å². The molecular weight excluding hydrogens is 280 g/mol. The minimum absolute atomic E-state index is 0.0250. The predicted molar refractivity (Wildman–Crippen MR) is 77.6 cm³/mol. The standard InChI is InChI=1S/C12H24N4O3S/c1-8-10(11(13)15-16(8)5)20(18,19)14-7-9(17)6-12(2,3)4/h9,14,17H,6-7H2,1-5H3,(H2,13,15). The summed E-state index contributed by atoms with van der Waals surface area (Å²) in [5.41, 5.74) is 6.01. The summed E-state index contributed by atoms with van der Waals surface area (Å²) in [6.45, 7) is 7.52. The van der Waals surface area contributed by atoms with Crippen LogP contribution in [-0.4, -0.2) is 36.0 Å². The van der Waals surface area contributed by atoms with Crippen LogP contribution in [0.3, 0.4) is 0 Å². The molecule has 20 heavy (non-hydrogen) atoms. The third-order valence-electron chi connectivity index (χ3n) is 2.93. The molecule has 0 bridgehead atoms. The third-order valence-corrected chi connectivity index (χ3v) is 4.52. The van der Waals surface area contributed by atoms with Crippen LogP contribution in [0.15, 0.2) is 4.90 Å². The van der Waals surface area contributed by atoms with Crippen molar-refractivity contribution in [2.24, 2.45) is 12.5 Å². The molecule has 1 heterocycles. The van der Waals surface area contributed by atoms with Crippen LogP contribution in [-0.2, 0) is 17.1 Å². The quantitative estimate of drug-likeness (QED) is 0.728. The molecule has 0 amide bonds. The first-order valence-corrected chi connectivity index (χ1v) is 7.89. The Morgan fingerprint density at radius 3 is 2.40 bits per heavy atom. The number of aliphatic hydroxyl groups is 1. The maximum atomic E-state index is 12.2. The first-order valence-electron chi connectivity index (χ1n) is 6.41. The number of nitrogen functional groups attached to an aromatic ring is 1. The normalized spacial score (nSPS) is 14.5. The molecule has 0 radical (unpaired) electrons. The van der Waals surface area contributed by atoms with Gasteiger partial charge in [0.1, 0.15) is 4.90 Å². The van der Waals surface area contributed by atoms with Gasteiger partial charge in [0.25, 0.3) is 0 Å². The summed E-state index contributed by atoms with van der Waals surface area (Å²) in [6, 6.07) is 0. The van der Waals surface area contributed by atoms with Crippen LogP contribution in [0.25, 0.3) is 0 Å². The highest BCUT2D eigenvalue weighted by Crippen LogP contribution is 2.22. The number of anilines is 1. The van der Waals surface area contributed by atoms with Gasteiger partial charge in [0.2, 0.25) is 10.0 Å². The molecule has 1 rings (SSSR count). The maximum Gasteiger partial charge on any atom is 0.246 e. The van der Waals surface area contributed by atoms with Gasteiger partial charge in [-0.05, 0) is 18.8 Å². The lowest BCUT2D eigenvalue weighted by atomic mass is 9.89. The van der Waals surface area contributed by atoms with Crippen molar-refractivity contribution in [2.75, 3.05) is 12.3 Å². The van der Waals surface area contributed by atoms with Gasteiger partial charge in [0.05, 0.1) is 11.8 Å². The lowest BCUT2D eigenvalue weighted by Crippen LogP contribution is -2.34. The molecule has 4 N–H and O–H groups in total. The van der Waals surface area contributed by atoms with Gasteiger partial charge in [0.15, 0.2) is 5.82 Å². The number of aromatic nitrogens is 2. The molecule has 116 valence electrons. The van der Waals surface area contributed by atoms with E-state index in [1.165, 1.54) is 4.68 Å². The summed E-state index contributed by atoms with van der Waals surface area (Å²) in [6.07, 6.45) is -0.250. The van der Waals surface area contributed by atoms with E-state index < -0.39 is 16.1 Å². The third kappa shape index (κ3) is 4.19. The largest absolute Gasteiger partial charge is 0.392 e. The molecule has 8 heteroatoms. The van der Waals surface area contributed by atoms with Crippen LogP contribution < -0.4 is 10.5 Å². The molecule has 7 nitrogen and oxygen atoms in total. The Balaban J connectivity index is 2.81. The number of aliphatic hydroxyl groups excluding tert-OH is 1. The van der Waals surface area contributed by atoms with Gasteiger partial charge in [0, 0.05) is 13.6 Å². The topological polar surface area (TPSA) is 110 Å². The molecule has 0 aliphatic heterocycles. The molecule has 0 aliphatic carbocycles. The lowest BCUT2D eigenvalue weighted by Gasteiger charge is -2.22. The van der Waals surface area contributed by atoms with E-state index in [0.717, 1.165) is 0 Å². The Labute approximate surface area is 120 Å². The molecule has 1 aromatic heterocycles. The number of nitrogens with one attached hydrogen (secondary N) is 1. The van der Waals surface area contributed by atoms with Crippen molar-refractivity contribution in [3.63, 3.8) is 0 Å². The summed E-state index contributed by atoms with van der Waals surface area (Å²) in [7, 11) is -2.15. The van der Waals surface area contributed by atoms with E-state index in [4.69, 9.17) is 5.73 Å². The van der Waals surface area contributed by atoms with Crippen molar-refractivity contribution in [2.45, 2.75) is 45.1 Å². The summed E-state index contributed by atoms with van der Waals surface area (Å²) in [5, 5.41) is 13.7. The summed E-state index contributed by atoms with van der Waals surface area (Å²) in [4.78, 5) is -0.0250. The van der Waals surface area contributed by atoms with Crippen molar-refractivity contribution < 1.29 is 13.5 Å². The highest BCUT2D eigenvalue weighted by Gasteiger charge is 2.26. The van der Waals surface area contributed by atoms with Gasteiger partial charge in [-0.1, -0.05) is 20.8 Å². The number of nitrogens with zero attached hydrogens (tertiary/aromatic N) is 2. The summed E-state index contributed by atoms with van der Waals surface area (Å²) < 4.78 is 28.2. The zero-order valence-electron chi connectivity index (χ0n) is 12.6. The van der Waals surface area contributed by atoms with Gasteiger partial charge in [-0.25, -0.2) is 13.1 Å². The number of hydrogen-bond acceptors (Lipinski definition) is 5. The number of aryl methyl sites for hydroxylation is 1. The number of rotatable bonds is 5. The van der Waals surface area contributed by atoms with Crippen molar-refractivity contribution in [3.05, 3.63) is 5.69 Å². The average Bonchev–Trinajstić information content (AvgIpc) is 2.48. The Bertz CT molecular complexity index is 572. The van der Waals surface area contributed by atoms with E-state index in [1.807, 2.05) is 20.8 Å². The molecule has 1 aromatic rings. The second-order valence-electron chi connectivity index (χ2n) is 6.19. The van der Waals surface area contributed by atoms with E-state index in [-0.39, 0.29) is 22.7 Å². The van der Waals surface area contributed by atoms with Crippen molar-refractivity contribution in [1.82, 2.24) is 14.5 Å². The molecule has 0 fully saturated rings. The predicted octanol–water partition coefficient (Wildman–Crippen LogP) is 0.386. The SMILES string of the molecule is Cc1c(S(=O)(=O)NCC(O)CC(C)(C)C)c(N)nn1C. The Morgan fingerprint density at radius 2 is 2.00 bits per heavy atom. The average molecular weight is 304 g/mol. The van der Waals surface area contributed by atoms with E-state index >= 15 is 0 Å². The minimum atomic E-state index is -3.77. The van der Waals surface area contributed by atoms with E-state index in [2.05, 4.69) is 9.82 Å². The first kappa shape index (κ1) is 16.9. The van der Waals surface area contributed by atoms with Crippen LogP contribution in [0.2, 0.25) is 0 Å². The number of sulfonamides is 1. The monoisotopic (exact) mass is 304 g/mol. The fourth-order valence-electron chi connectivity index (χ4n) is 2.00. The Hall–Kier alpha value is -1.12. The van der Waals surface area contributed by atoms with Crippen molar-refractivity contribution in [3.8, 4) is 0 Å². The van der Waals surface area contributed by atoms with Crippen LogP contribution in [0, 0.1) is 12.3 Å². The zero-order valence-corrected chi connectivity index (χ0v) is 13.5. The molecular formula is C12H24N4O3S. The number of hydrogen-bond donors (Lipinski definition) is 3. The first-order chi connectivity index (χ1) is 8.94. The van der Waals surface area contributed by atoms with Gasteiger partial charge < -0.3 is 10.8 Å². The van der Waals surface area contributed by atoms with Crippen LogP contribution >= 0.6 is 0 Å². The Morgan fingerprint density at radius 1 is 1.45 bits per heavy atom. The van der Waals surface area contributed by atoms with Crippen LogP contribution in [0.4, 0.5) is 5.82 Å². The van der Waals surface area contributed by atoms with Crippen LogP contribution in [0.5, 0.6) is 0 Å². The minimum Gasteiger partial charge on any atom is -0.392 e. The lowest BCUT2D eigenvalue weighted by molar-refractivity contribution is 0.125. The van der Waals surface area contributed by atoms with E-state index in [9.17, 15) is 13.5 Å². The van der Waals surface area contributed by atoms with Gasteiger partial charge in [-0.3, -0.25) is 4.68 Å². The van der Waals surface area contributed by atoms with Crippen molar-refractivity contribution in [1.29, 1.82) is 0 Å². The van der Waals surface area contributed by atoms with Gasteiger partial charge in [-0.2, -0.15) is 5.10 Å². The summed E-state index contributed by atoms with van der Waals surface area (Å²) >= 11 is 0. The molecule has 0 aliphatic rings. The molecule has 1 unspecified atom stereocenters. The van der Waals surface area contributed by atoms with Gasteiger partial charge in [-0.15, -0.1) is 0 Å². The molecule has 0 spiro atoms. The second-order valence-corrected chi connectivity index (χ2v) is 7.90. The number of nitrogens with two attached hydrogens (primary N) is 1. The van der Waals surface area contributed by atoms with E-state index in [0.29, 0.717) is 12.1 Å². The molecule has 0 aromatic carbocycles. The fraction of sp³-hybridized carbons (Fsp3) is 0.750. The molecule has 0 saturated heterocycles.